The zero-order valence-electron chi connectivity index (χ0n) is 12.6. The molecule has 23 heavy (non-hydrogen) atoms. The van der Waals surface area contributed by atoms with Crippen LogP contribution in [0.2, 0.25) is 0 Å². The van der Waals surface area contributed by atoms with Crippen LogP contribution in [0.3, 0.4) is 0 Å². The van der Waals surface area contributed by atoms with Gasteiger partial charge >= 0.3 is 12.1 Å². The lowest BCUT2D eigenvalue weighted by Crippen LogP contribution is -2.21. The summed E-state index contributed by atoms with van der Waals surface area (Å²) >= 11 is 0. The number of ether oxygens (including phenoxy) is 1. The molecule has 0 bridgehead atoms. The first kappa shape index (κ1) is 19.2. The fraction of sp³-hybridized carbons (Fsp3) is 0.429. The van der Waals surface area contributed by atoms with Crippen LogP contribution >= 0.6 is 12.4 Å². The lowest BCUT2D eigenvalue weighted by atomic mass is 10.2. The van der Waals surface area contributed by atoms with Crippen molar-refractivity contribution in [2.24, 2.45) is 5.73 Å². The number of esters is 1. The molecule has 0 aliphatic carbocycles. The second-order valence-electron chi connectivity index (χ2n) is 4.84. The number of hydrogen-bond donors (Lipinski definition) is 1. The van der Waals surface area contributed by atoms with Crippen LogP contribution in [0.25, 0.3) is 11.0 Å². The molecule has 2 aromatic rings. The molecule has 9 heteroatoms. The number of nitrogens with two attached hydrogens (primary N) is 1. The number of halogens is 4. The van der Waals surface area contributed by atoms with Gasteiger partial charge in [0.25, 0.3) is 0 Å². The predicted molar refractivity (Wildman–Crippen MR) is 81.7 cm³/mol. The maximum absolute atomic E-state index is 12.8. The largest absolute Gasteiger partial charge is 0.461 e. The standard InChI is InChI=1S/C14H16F3N3O2.ClH/c1-3-22-13(21)11-5-9-4-10(14(15,16)17)7-19-12(9)20(11)8(2)6-18;/h4-5,7-8H,3,6,18H2,1-2H3;1H. The zero-order valence-corrected chi connectivity index (χ0v) is 13.4. The van der Waals surface area contributed by atoms with Crippen molar-refractivity contribution in [2.45, 2.75) is 26.1 Å². The second kappa shape index (κ2) is 7.18. The molecule has 0 fully saturated rings. The Morgan fingerprint density at radius 3 is 2.61 bits per heavy atom. The molecule has 0 spiro atoms. The third kappa shape index (κ3) is 3.76. The third-order valence-corrected chi connectivity index (χ3v) is 3.27. The van der Waals surface area contributed by atoms with Gasteiger partial charge in [-0.3, -0.25) is 0 Å². The predicted octanol–water partition coefficient (Wildman–Crippen LogP) is 3.17. The molecule has 0 saturated carbocycles. The molecule has 0 aliphatic heterocycles. The van der Waals surface area contributed by atoms with E-state index >= 15 is 0 Å². The van der Waals surface area contributed by atoms with Gasteiger partial charge in [-0.25, -0.2) is 9.78 Å². The van der Waals surface area contributed by atoms with Crippen LogP contribution in [0.1, 0.15) is 35.9 Å². The number of alkyl halides is 3. The first-order valence-corrected chi connectivity index (χ1v) is 6.75. The number of rotatable bonds is 4. The highest BCUT2D eigenvalue weighted by Gasteiger charge is 2.32. The average molecular weight is 352 g/mol. The van der Waals surface area contributed by atoms with Gasteiger partial charge in [-0.1, -0.05) is 0 Å². The number of pyridine rings is 1. The highest BCUT2D eigenvalue weighted by Crippen LogP contribution is 2.32. The number of fused-ring (bicyclic) bond motifs is 1. The minimum absolute atomic E-state index is 0. The monoisotopic (exact) mass is 351 g/mol. The molecule has 1 atom stereocenters. The fourth-order valence-corrected chi connectivity index (χ4v) is 2.18. The van der Waals surface area contributed by atoms with E-state index in [4.69, 9.17) is 10.5 Å². The van der Waals surface area contributed by atoms with Crippen LogP contribution in [-0.2, 0) is 10.9 Å². The van der Waals surface area contributed by atoms with Gasteiger partial charge in [0, 0.05) is 24.2 Å². The molecule has 0 radical (unpaired) electrons. The molecule has 5 nitrogen and oxygen atoms in total. The maximum Gasteiger partial charge on any atom is 0.417 e. The first-order chi connectivity index (χ1) is 10.3. The van der Waals surface area contributed by atoms with Gasteiger partial charge in [0.1, 0.15) is 11.3 Å². The van der Waals surface area contributed by atoms with Gasteiger partial charge in [-0.05, 0) is 26.0 Å². The normalized spacial score (nSPS) is 12.8. The van der Waals surface area contributed by atoms with Gasteiger partial charge < -0.3 is 15.0 Å². The Hall–Kier alpha value is -1.80. The third-order valence-electron chi connectivity index (χ3n) is 3.27. The molecule has 2 heterocycles. The minimum Gasteiger partial charge on any atom is -0.461 e. The molecule has 0 amide bonds. The minimum atomic E-state index is -4.49. The molecule has 0 saturated heterocycles. The smallest absolute Gasteiger partial charge is 0.417 e. The average Bonchev–Trinajstić information content (AvgIpc) is 2.84. The number of carbonyl (C=O) groups is 1. The molecule has 2 N–H and O–H groups in total. The van der Waals surface area contributed by atoms with Crippen molar-refractivity contribution in [1.82, 2.24) is 9.55 Å². The van der Waals surface area contributed by atoms with Crippen LogP contribution in [0.5, 0.6) is 0 Å². The van der Waals surface area contributed by atoms with Crippen molar-refractivity contribution in [3.8, 4) is 0 Å². The van der Waals surface area contributed by atoms with E-state index in [0.29, 0.717) is 0 Å². The van der Waals surface area contributed by atoms with E-state index in [-0.39, 0.29) is 48.3 Å². The Labute approximate surface area is 137 Å². The Kier molecular flexibility index (Phi) is 6.01. The zero-order chi connectivity index (χ0) is 16.5. The van der Waals surface area contributed by atoms with Crippen molar-refractivity contribution >= 4 is 29.4 Å². The van der Waals surface area contributed by atoms with Gasteiger partial charge in [0.2, 0.25) is 0 Å². The van der Waals surface area contributed by atoms with E-state index in [1.54, 1.807) is 13.8 Å². The van der Waals surface area contributed by atoms with Gasteiger partial charge in [-0.15, -0.1) is 12.4 Å². The second-order valence-corrected chi connectivity index (χ2v) is 4.84. The van der Waals surface area contributed by atoms with Crippen molar-refractivity contribution < 1.29 is 22.7 Å². The van der Waals surface area contributed by atoms with Crippen molar-refractivity contribution in [2.75, 3.05) is 13.2 Å². The molecule has 2 rings (SSSR count). The Bertz CT molecular complexity index is 700. The van der Waals surface area contributed by atoms with Crippen LogP contribution in [0.4, 0.5) is 13.2 Å². The van der Waals surface area contributed by atoms with Crippen molar-refractivity contribution in [1.29, 1.82) is 0 Å². The van der Waals surface area contributed by atoms with E-state index in [0.717, 1.165) is 12.3 Å². The number of carbonyl (C=O) groups excluding carboxylic acids is 1. The summed E-state index contributed by atoms with van der Waals surface area (Å²) in [5, 5.41) is 0.221. The number of hydrogen-bond acceptors (Lipinski definition) is 4. The molecule has 0 aromatic carbocycles. The molecule has 2 aromatic heterocycles. The summed E-state index contributed by atoms with van der Waals surface area (Å²) in [6.07, 6.45) is -3.75. The highest BCUT2D eigenvalue weighted by molar-refractivity contribution is 5.94. The Balaban J connectivity index is 0.00000264. The summed E-state index contributed by atoms with van der Waals surface area (Å²) in [5.74, 6) is -0.616. The van der Waals surface area contributed by atoms with E-state index in [2.05, 4.69) is 4.98 Å². The van der Waals surface area contributed by atoms with Crippen molar-refractivity contribution in [3.05, 3.63) is 29.6 Å². The van der Waals surface area contributed by atoms with Crippen LogP contribution in [0, 0.1) is 0 Å². The quantitative estimate of drug-likeness (QED) is 0.859. The van der Waals surface area contributed by atoms with Crippen molar-refractivity contribution in [3.63, 3.8) is 0 Å². The number of nitrogens with zero attached hydrogens (tertiary/aromatic N) is 2. The van der Waals surface area contributed by atoms with Gasteiger partial charge in [0.05, 0.1) is 12.2 Å². The number of aromatic nitrogens is 2. The summed E-state index contributed by atoms with van der Waals surface area (Å²) in [6.45, 7) is 3.77. The highest BCUT2D eigenvalue weighted by atomic mass is 35.5. The Morgan fingerprint density at radius 2 is 2.09 bits per heavy atom. The van der Waals surface area contributed by atoms with Gasteiger partial charge in [-0.2, -0.15) is 13.2 Å². The summed E-state index contributed by atoms with van der Waals surface area (Å²) < 4.78 is 44.8. The summed E-state index contributed by atoms with van der Waals surface area (Å²) in [4.78, 5) is 15.9. The summed E-state index contributed by atoms with van der Waals surface area (Å²) in [7, 11) is 0. The van der Waals surface area contributed by atoms with E-state index < -0.39 is 17.7 Å². The van der Waals surface area contributed by atoms with E-state index in [1.165, 1.54) is 10.6 Å². The van der Waals surface area contributed by atoms with E-state index in [1.807, 2.05) is 0 Å². The SMILES string of the molecule is CCOC(=O)c1cc2cc(C(F)(F)F)cnc2n1C(C)CN.Cl. The van der Waals surface area contributed by atoms with Crippen LogP contribution in [0.15, 0.2) is 18.3 Å². The van der Waals surface area contributed by atoms with Crippen LogP contribution in [-0.4, -0.2) is 28.7 Å². The molecule has 1 unspecified atom stereocenters. The lowest BCUT2D eigenvalue weighted by Gasteiger charge is -2.15. The van der Waals surface area contributed by atoms with Gasteiger partial charge in [0.15, 0.2) is 0 Å². The maximum atomic E-state index is 12.8. The molecule has 128 valence electrons. The summed E-state index contributed by atoms with van der Waals surface area (Å²) in [6, 6.07) is 2.01. The molecule has 0 aliphatic rings. The fourth-order valence-electron chi connectivity index (χ4n) is 2.18. The first-order valence-electron chi connectivity index (χ1n) is 6.75. The summed E-state index contributed by atoms with van der Waals surface area (Å²) in [5.41, 5.74) is 5.16. The molecular weight excluding hydrogens is 335 g/mol. The van der Waals surface area contributed by atoms with E-state index in [9.17, 15) is 18.0 Å². The topological polar surface area (TPSA) is 70.1 Å². The lowest BCUT2D eigenvalue weighted by molar-refractivity contribution is -0.137. The Morgan fingerprint density at radius 1 is 1.43 bits per heavy atom. The van der Waals surface area contributed by atoms with Crippen LogP contribution < -0.4 is 5.73 Å². The molecular formula is C14H17ClF3N3O2.